The molecule has 5 aromatic rings. The minimum absolute atomic E-state index is 0.0445. The first-order chi connectivity index (χ1) is 24.4. The van der Waals surface area contributed by atoms with Gasteiger partial charge in [0.2, 0.25) is 15.9 Å². The number of hydrogen-bond acceptors (Lipinski definition) is 7. The van der Waals surface area contributed by atoms with Gasteiger partial charge in [-0.1, -0.05) is 24.6 Å². The van der Waals surface area contributed by atoms with Crippen molar-refractivity contribution in [3.63, 3.8) is 0 Å². The van der Waals surface area contributed by atoms with E-state index in [4.69, 9.17) is 11.6 Å². The molecule has 0 radical (unpaired) electrons. The third kappa shape index (κ3) is 6.37. The van der Waals surface area contributed by atoms with Gasteiger partial charge in [0.1, 0.15) is 35.1 Å². The Hall–Kier alpha value is -4.97. The lowest BCUT2D eigenvalue weighted by atomic mass is 9.94. The van der Waals surface area contributed by atoms with Crippen molar-refractivity contribution in [3.8, 4) is 11.1 Å². The Morgan fingerprint density at radius 3 is 2.46 bits per heavy atom. The number of alkyl halides is 4. The molecule has 2 aliphatic rings. The van der Waals surface area contributed by atoms with Gasteiger partial charge in [0.15, 0.2) is 0 Å². The van der Waals surface area contributed by atoms with Crippen molar-refractivity contribution in [1.29, 1.82) is 0 Å². The second-order valence-electron chi connectivity index (χ2n) is 12.9. The fraction of sp³-hybridized carbons (Fsp3) is 0.303. The second-order valence-corrected chi connectivity index (χ2v) is 15.0. The highest BCUT2D eigenvalue weighted by Crippen LogP contribution is 2.71. The molecule has 0 spiro atoms. The normalized spacial score (nSPS) is 19.4. The van der Waals surface area contributed by atoms with Crippen molar-refractivity contribution in [2.24, 2.45) is 11.8 Å². The first-order valence-corrected chi connectivity index (χ1v) is 17.9. The Morgan fingerprint density at radius 2 is 1.79 bits per heavy atom. The molecule has 11 nitrogen and oxygen atoms in total. The van der Waals surface area contributed by atoms with Crippen molar-refractivity contribution in [2.45, 2.75) is 44.2 Å². The molecule has 272 valence electrons. The molecule has 3 N–H and O–H groups in total. The lowest BCUT2D eigenvalue weighted by molar-refractivity contribution is -0.123. The summed E-state index contributed by atoms with van der Waals surface area (Å²) >= 11 is 6.25. The van der Waals surface area contributed by atoms with Crippen LogP contribution >= 0.6 is 11.6 Å². The molecule has 3 heterocycles. The second kappa shape index (κ2) is 12.6. The minimum Gasteiger partial charge on any atom is -0.346 e. The molecular weight excluding hydrogens is 740 g/mol. The van der Waals surface area contributed by atoms with Crippen molar-refractivity contribution in [2.75, 3.05) is 6.26 Å². The Kier molecular flexibility index (Phi) is 8.59. The number of pyridine rings is 1. The summed E-state index contributed by atoms with van der Waals surface area (Å²) in [7, 11) is -4.00. The maximum atomic E-state index is 15.5. The van der Waals surface area contributed by atoms with Crippen LogP contribution in [-0.4, -0.2) is 51.4 Å². The molecule has 0 bridgehead atoms. The molecule has 2 unspecified atom stereocenters. The molecule has 2 aliphatic carbocycles. The maximum Gasteiger partial charge on any atom is 0.293 e. The van der Waals surface area contributed by atoms with Crippen molar-refractivity contribution in [3.05, 3.63) is 99.1 Å². The van der Waals surface area contributed by atoms with Gasteiger partial charge in [-0.05, 0) is 53.8 Å². The van der Waals surface area contributed by atoms with E-state index in [-0.39, 0.29) is 50.5 Å². The van der Waals surface area contributed by atoms with Crippen molar-refractivity contribution < 1.29 is 44.3 Å². The highest BCUT2D eigenvalue weighted by Gasteiger charge is 2.71. The first-order valence-electron chi connectivity index (χ1n) is 15.6. The third-order valence-corrected chi connectivity index (χ3v) is 10.1. The molecule has 3 aromatic heterocycles. The van der Waals surface area contributed by atoms with Crippen LogP contribution in [0.3, 0.4) is 0 Å². The van der Waals surface area contributed by atoms with E-state index in [1.54, 1.807) is 6.07 Å². The van der Waals surface area contributed by atoms with Gasteiger partial charge in [0.25, 0.3) is 18.3 Å². The number of sulfonamides is 1. The average molecular weight is 766 g/mol. The molecule has 52 heavy (non-hydrogen) atoms. The van der Waals surface area contributed by atoms with Crippen LogP contribution in [0, 0.1) is 23.5 Å². The molecular formula is C33H26ClF6N7O4S. The van der Waals surface area contributed by atoms with Crippen LogP contribution in [0.5, 0.6) is 0 Å². The predicted octanol–water partition coefficient (Wildman–Crippen LogP) is 5.94. The number of amides is 2. The van der Waals surface area contributed by atoms with E-state index < -0.39 is 87.5 Å². The zero-order chi connectivity index (χ0) is 37.4. The molecule has 7 rings (SSSR count). The SMILES string of the molecule is C[C@@H]1C2c3c(C(F)F)nn(CC(=O)N[C@@H](Cc4cc(F)cc(F)c4)c4nc5cn[nH]c5cc4-c4ccc(Cl)c(C(=O)NS(C)(=O)=O)c4)c3C(F)(F)C21. The number of nitrogens with one attached hydrogen (secondary N) is 3. The molecule has 2 amide bonds. The number of halogens is 7. The van der Waals surface area contributed by atoms with Gasteiger partial charge in [0.05, 0.1) is 40.3 Å². The molecule has 4 atom stereocenters. The molecule has 0 aliphatic heterocycles. The van der Waals surface area contributed by atoms with Gasteiger partial charge in [-0.25, -0.2) is 35.7 Å². The Labute approximate surface area is 295 Å². The van der Waals surface area contributed by atoms with E-state index in [9.17, 15) is 35.6 Å². The molecule has 1 saturated carbocycles. The number of benzene rings is 2. The Morgan fingerprint density at radius 1 is 1.08 bits per heavy atom. The third-order valence-electron chi connectivity index (χ3n) is 9.25. The fourth-order valence-electron chi connectivity index (χ4n) is 7.11. The number of hydrogen-bond donors (Lipinski definition) is 3. The van der Waals surface area contributed by atoms with Crippen molar-refractivity contribution in [1.82, 2.24) is 35.0 Å². The average Bonchev–Trinajstić information content (AvgIpc) is 3.30. The highest BCUT2D eigenvalue weighted by atomic mass is 35.5. The minimum atomic E-state index is -4.00. The number of fused-ring (bicyclic) bond motifs is 4. The van der Waals surface area contributed by atoms with Crippen LogP contribution in [0.2, 0.25) is 5.02 Å². The summed E-state index contributed by atoms with van der Waals surface area (Å²) in [6.45, 7) is 0.626. The van der Waals surface area contributed by atoms with Crippen molar-refractivity contribution >= 4 is 44.5 Å². The summed E-state index contributed by atoms with van der Waals surface area (Å²) in [5.74, 6) is -9.96. The van der Waals surface area contributed by atoms with Crippen LogP contribution < -0.4 is 10.0 Å². The number of carbonyl (C=O) groups excluding carboxylic acids is 2. The summed E-state index contributed by atoms with van der Waals surface area (Å²) in [5, 5.41) is 13.0. The van der Waals surface area contributed by atoms with E-state index in [0.29, 0.717) is 16.3 Å². The van der Waals surface area contributed by atoms with Crippen LogP contribution in [0.15, 0.2) is 48.7 Å². The summed E-state index contributed by atoms with van der Waals surface area (Å²) in [4.78, 5) is 31.2. The molecule has 0 saturated heterocycles. The Bertz CT molecular complexity index is 2380. The van der Waals surface area contributed by atoms with E-state index in [0.717, 1.165) is 18.4 Å². The maximum absolute atomic E-state index is 15.5. The smallest absolute Gasteiger partial charge is 0.293 e. The van der Waals surface area contributed by atoms with E-state index in [1.165, 1.54) is 31.3 Å². The summed E-state index contributed by atoms with van der Waals surface area (Å²) in [6.07, 6.45) is -1.37. The van der Waals surface area contributed by atoms with E-state index >= 15 is 8.78 Å². The van der Waals surface area contributed by atoms with Crippen LogP contribution in [-0.2, 0) is 33.7 Å². The quantitative estimate of drug-likeness (QED) is 0.149. The fourth-order valence-corrected chi connectivity index (χ4v) is 7.76. The molecule has 1 fully saturated rings. The monoisotopic (exact) mass is 765 g/mol. The van der Waals surface area contributed by atoms with Gasteiger partial charge in [0, 0.05) is 29.0 Å². The van der Waals surface area contributed by atoms with Crippen LogP contribution in [0.1, 0.15) is 63.9 Å². The van der Waals surface area contributed by atoms with Gasteiger partial charge in [-0.15, -0.1) is 0 Å². The van der Waals surface area contributed by atoms with Crippen LogP contribution in [0.25, 0.3) is 22.2 Å². The molecule has 2 aromatic carbocycles. The van der Waals surface area contributed by atoms with Gasteiger partial charge < -0.3 is 5.32 Å². The zero-order valence-corrected chi connectivity index (χ0v) is 28.5. The van der Waals surface area contributed by atoms with Gasteiger partial charge in [-0.3, -0.25) is 19.4 Å². The van der Waals surface area contributed by atoms with Gasteiger partial charge in [-0.2, -0.15) is 19.0 Å². The predicted molar refractivity (Wildman–Crippen MR) is 174 cm³/mol. The van der Waals surface area contributed by atoms with Crippen LogP contribution in [0.4, 0.5) is 26.3 Å². The van der Waals surface area contributed by atoms with E-state index in [1.807, 2.05) is 4.72 Å². The zero-order valence-electron chi connectivity index (χ0n) is 26.9. The summed E-state index contributed by atoms with van der Waals surface area (Å²) < 4.78 is 114. The number of nitrogens with zero attached hydrogens (tertiary/aromatic N) is 4. The number of rotatable bonds is 10. The van der Waals surface area contributed by atoms with E-state index in [2.05, 4.69) is 25.6 Å². The standard InChI is InChI=1S/C33H26ClF6N7O4S/c1-13-25-26-29(31(37)38)45-47(30(26)33(39,40)27(13)25)12-24(48)42-22(7-14-5-16(35)9-17(36)6-14)28-18(10-21-23(43-28)11-41-44-21)15-3-4-20(34)19(8-15)32(49)46-52(2,50)51/h3-6,8-11,13,22,25,27,31H,7,12H2,1-2H3,(H,41,44)(H,42,48)(H,46,49)/t13-,22+,25?,27?/m1/s1. The number of carbonyl (C=O) groups is 2. The number of aromatic amines is 1. The number of H-pyrrole nitrogens is 1. The highest BCUT2D eigenvalue weighted by molar-refractivity contribution is 7.89. The van der Waals surface area contributed by atoms with Gasteiger partial charge >= 0.3 is 0 Å². The topological polar surface area (TPSA) is 152 Å². The largest absolute Gasteiger partial charge is 0.346 e. The molecule has 19 heteroatoms. The Balaban J connectivity index is 1.31. The first kappa shape index (κ1) is 35.4. The lowest BCUT2D eigenvalue weighted by Gasteiger charge is -2.23. The lowest BCUT2D eigenvalue weighted by Crippen LogP contribution is -2.35. The summed E-state index contributed by atoms with van der Waals surface area (Å²) in [5.41, 5.74) is -0.903. The summed E-state index contributed by atoms with van der Waals surface area (Å²) in [6, 6.07) is 6.97. The number of aromatic nitrogens is 5.